The van der Waals surface area contributed by atoms with Gasteiger partial charge < -0.3 is 4.90 Å². The number of nitrogens with one attached hydrogen (secondary N) is 1. The van der Waals surface area contributed by atoms with E-state index in [1.54, 1.807) is 41.3 Å². The average molecular weight is 365 g/mol. The summed E-state index contributed by atoms with van der Waals surface area (Å²) in [4.78, 5) is 13.6. The first-order valence-electron chi connectivity index (χ1n) is 7.56. The summed E-state index contributed by atoms with van der Waals surface area (Å²) < 4.78 is 27.3. The van der Waals surface area contributed by atoms with Crippen molar-refractivity contribution in [1.82, 2.24) is 0 Å². The molecule has 2 aromatic carbocycles. The zero-order valence-corrected chi connectivity index (χ0v) is 14.7. The van der Waals surface area contributed by atoms with Crippen molar-refractivity contribution in [2.45, 2.75) is 24.7 Å². The Morgan fingerprint density at radius 3 is 2.42 bits per heavy atom. The monoisotopic (exact) mass is 364 g/mol. The molecule has 0 aliphatic carbocycles. The minimum Gasteiger partial charge on any atom is -0.311 e. The topological polar surface area (TPSA) is 66.5 Å². The number of anilines is 2. The van der Waals surface area contributed by atoms with E-state index in [9.17, 15) is 13.2 Å². The summed E-state index contributed by atoms with van der Waals surface area (Å²) in [6, 6.07) is 11.4. The fourth-order valence-corrected chi connectivity index (χ4v) is 3.96. The van der Waals surface area contributed by atoms with E-state index in [-0.39, 0.29) is 10.8 Å². The first kappa shape index (κ1) is 16.8. The van der Waals surface area contributed by atoms with Gasteiger partial charge in [-0.05, 0) is 43.7 Å². The number of carbonyl (C=O) groups excluding carboxylic acids is 1. The van der Waals surface area contributed by atoms with E-state index in [0.717, 1.165) is 12.0 Å². The molecule has 7 heteroatoms. The van der Waals surface area contributed by atoms with Gasteiger partial charge in [-0.15, -0.1) is 0 Å². The summed E-state index contributed by atoms with van der Waals surface area (Å²) in [7, 11) is -3.68. The van der Waals surface area contributed by atoms with Crippen molar-refractivity contribution in [1.29, 1.82) is 0 Å². The Bertz CT molecular complexity index is 879. The SMILES string of the molecule is Cc1ccc(S(=O)(=O)Nc2ccc(N3CCCC3=O)c(Cl)c2)cc1. The number of hydrogen-bond donors (Lipinski definition) is 1. The van der Waals surface area contributed by atoms with E-state index in [1.807, 2.05) is 6.92 Å². The van der Waals surface area contributed by atoms with Crippen LogP contribution in [-0.4, -0.2) is 20.9 Å². The van der Waals surface area contributed by atoms with Crippen LogP contribution in [0.5, 0.6) is 0 Å². The fraction of sp³-hybridized carbons (Fsp3) is 0.235. The van der Waals surface area contributed by atoms with Crippen LogP contribution in [0.15, 0.2) is 47.4 Å². The average Bonchev–Trinajstić information content (AvgIpc) is 2.93. The van der Waals surface area contributed by atoms with Crippen molar-refractivity contribution < 1.29 is 13.2 Å². The van der Waals surface area contributed by atoms with Gasteiger partial charge in [0.25, 0.3) is 10.0 Å². The highest BCUT2D eigenvalue weighted by molar-refractivity contribution is 7.92. The Kier molecular flexibility index (Phi) is 4.51. The summed E-state index contributed by atoms with van der Waals surface area (Å²) in [5.41, 5.74) is 1.95. The quantitative estimate of drug-likeness (QED) is 0.901. The van der Waals surface area contributed by atoms with Crippen molar-refractivity contribution in [3.8, 4) is 0 Å². The van der Waals surface area contributed by atoms with Crippen molar-refractivity contribution in [2.24, 2.45) is 0 Å². The molecule has 1 heterocycles. The van der Waals surface area contributed by atoms with Gasteiger partial charge in [-0.25, -0.2) is 8.42 Å². The molecule has 1 aliphatic heterocycles. The predicted octanol–water partition coefficient (Wildman–Crippen LogP) is 3.58. The lowest BCUT2D eigenvalue weighted by molar-refractivity contribution is -0.117. The molecule has 24 heavy (non-hydrogen) atoms. The van der Waals surface area contributed by atoms with Crippen LogP contribution in [0.25, 0.3) is 0 Å². The molecule has 1 aliphatic rings. The molecule has 1 fully saturated rings. The van der Waals surface area contributed by atoms with Crippen molar-refractivity contribution in [3.63, 3.8) is 0 Å². The molecule has 0 radical (unpaired) electrons. The van der Waals surface area contributed by atoms with Crippen LogP contribution in [0.2, 0.25) is 5.02 Å². The second-order valence-corrected chi connectivity index (χ2v) is 7.82. The maximum absolute atomic E-state index is 12.4. The molecule has 5 nitrogen and oxygen atoms in total. The number of carbonyl (C=O) groups is 1. The van der Waals surface area contributed by atoms with Crippen LogP contribution in [0.3, 0.4) is 0 Å². The van der Waals surface area contributed by atoms with Crippen molar-refractivity contribution >= 4 is 38.9 Å². The lowest BCUT2D eigenvalue weighted by atomic mass is 10.2. The summed E-state index contributed by atoms with van der Waals surface area (Å²) in [5, 5.41) is 0.342. The van der Waals surface area contributed by atoms with E-state index in [4.69, 9.17) is 11.6 Å². The fourth-order valence-electron chi connectivity index (χ4n) is 2.62. The maximum atomic E-state index is 12.4. The first-order valence-corrected chi connectivity index (χ1v) is 9.42. The molecule has 0 saturated carbocycles. The van der Waals surface area contributed by atoms with Gasteiger partial charge in [0.1, 0.15) is 0 Å². The molecular weight excluding hydrogens is 348 g/mol. The molecular formula is C17H17ClN2O3S. The number of rotatable bonds is 4. The maximum Gasteiger partial charge on any atom is 0.261 e. The van der Waals surface area contributed by atoms with Gasteiger partial charge in [-0.1, -0.05) is 29.3 Å². The van der Waals surface area contributed by atoms with Gasteiger partial charge in [0.15, 0.2) is 0 Å². The second kappa shape index (κ2) is 6.45. The third kappa shape index (κ3) is 3.39. The van der Waals surface area contributed by atoms with Crippen molar-refractivity contribution in [3.05, 3.63) is 53.1 Å². The van der Waals surface area contributed by atoms with Gasteiger partial charge in [-0.2, -0.15) is 0 Å². The number of nitrogens with zero attached hydrogens (tertiary/aromatic N) is 1. The van der Waals surface area contributed by atoms with Gasteiger partial charge >= 0.3 is 0 Å². The molecule has 2 aromatic rings. The molecule has 1 amide bonds. The highest BCUT2D eigenvalue weighted by Gasteiger charge is 2.24. The molecule has 0 aromatic heterocycles. The van der Waals surface area contributed by atoms with E-state index < -0.39 is 10.0 Å². The summed E-state index contributed by atoms with van der Waals surface area (Å²) in [5.74, 6) is 0.0323. The lowest BCUT2D eigenvalue weighted by Gasteiger charge is -2.18. The minimum absolute atomic E-state index is 0.0323. The number of benzene rings is 2. The predicted molar refractivity (Wildman–Crippen MR) is 95.0 cm³/mol. The second-order valence-electron chi connectivity index (χ2n) is 5.73. The van der Waals surface area contributed by atoms with Crippen LogP contribution >= 0.6 is 11.6 Å². The smallest absolute Gasteiger partial charge is 0.261 e. The van der Waals surface area contributed by atoms with Crippen LogP contribution in [0.4, 0.5) is 11.4 Å². The van der Waals surface area contributed by atoms with Gasteiger partial charge in [-0.3, -0.25) is 9.52 Å². The molecule has 0 atom stereocenters. The molecule has 0 spiro atoms. The van der Waals surface area contributed by atoms with Gasteiger partial charge in [0.2, 0.25) is 5.91 Å². The number of hydrogen-bond acceptors (Lipinski definition) is 3. The minimum atomic E-state index is -3.68. The lowest BCUT2D eigenvalue weighted by Crippen LogP contribution is -2.24. The summed E-state index contributed by atoms with van der Waals surface area (Å²) >= 11 is 6.24. The largest absolute Gasteiger partial charge is 0.311 e. The van der Waals surface area contributed by atoms with Crippen LogP contribution in [0, 0.1) is 6.92 Å². The number of amides is 1. The Balaban J connectivity index is 1.84. The zero-order chi connectivity index (χ0) is 17.3. The van der Waals surface area contributed by atoms with E-state index in [1.165, 1.54) is 6.07 Å². The molecule has 1 N–H and O–H groups in total. The third-order valence-electron chi connectivity index (χ3n) is 3.90. The zero-order valence-electron chi connectivity index (χ0n) is 13.1. The number of halogens is 1. The standard InChI is InChI=1S/C17H17ClN2O3S/c1-12-4-7-14(8-5-12)24(22,23)19-13-6-9-16(15(18)11-13)20-10-2-3-17(20)21/h4-9,11,19H,2-3,10H2,1H3. The van der Waals surface area contributed by atoms with Gasteiger partial charge in [0, 0.05) is 13.0 Å². The first-order chi connectivity index (χ1) is 11.4. The van der Waals surface area contributed by atoms with E-state index in [0.29, 0.717) is 29.4 Å². The molecule has 1 saturated heterocycles. The number of aryl methyl sites for hydroxylation is 1. The van der Waals surface area contributed by atoms with Gasteiger partial charge in [0.05, 0.1) is 21.3 Å². The van der Waals surface area contributed by atoms with Crippen LogP contribution in [-0.2, 0) is 14.8 Å². The Labute approximate surface area is 146 Å². The van der Waals surface area contributed by atoms with Crippen LogP contribution < -0.4 is 9.62 Å². The highest BCUT2D eigenvalue weighted by atomic mass is 35.5. The Hall–Kier alpha value is -2.05. The molecule has 0 bridgehead atoms. The third-order valence-corrected chi connectivity index (χ3v) is 5.60. The van der Waals surface area contributed by atoms with E-state index in [2.05, 4.69) is 4.72 Å². The summed E-state index contributed by atoms with van der Waals surface area (Å²) in [6.07, 6.45) is 1.31. The highest BCUT2D eigenvalue weighted by Crippen LogP contribution is 2.32. The molecule has 0 unspecified atom stereocenters. The Morgan fingerprint density at radius 1 is 1.12 bits per heavy atom. The Morgan fingerprint density at radius 2 is 1.83 bits per heavy atom. The normalized spacial score (nSPS) is 14.9. The summed E-state index contributed by atoms with van der Waals surface area (Å²) in [6.45, 7) is 2.52. The van der Waals surface area contributed by atoms with E-state index >= 15 is 0 Å². The molecule has 126 valence electrons. The number of sulfonamides is 1. The van der Waals surface area contributed by atoms with Crippen molar-refractivity contribution in [2.75, 3.05) is 16.2 Å². The van der Waals surface area contributed by atoms with Crippen LogP contribution in [0.1, 0.15) is 18.4 Å². The molecule has 3 rings (SSSR count).